The van der Waals surface area contributed by atoms with Gasteiger partial charge in [-0.2, -0.15) is 22.0 Å². The molecule has 0 fully saturated rings. The first-order chi connectivity index (χ1) is 7.74. The summed E-state index contributed by atoms with van der Waals surface area (Å²) < 4.78 is 65.5. The third-order valence-electron chi connectivity index (χ3n) is 1.88. The lowest BCUT2D eigenvalue weighted by Gasteiger charge is -2.14. The molecule has 0 unspecified atom stereocenters. The minimum Gasteiger partial charge on any atom is -0.484 e. The van der Waals surface area contributed by atoms with Crippen LogP contribution in [0.3, 0.4) is 0 Å². The van der Waals surface area contributed by atoms with Gasteiger partial charge in [0.05, 0.1) is 0 Å². The van der Waals surface area contributed by atoms with Gasteiger partial charge in [-0.25, -0.2) is 0 Å². The molecule has 7 heteroatoms. The van der Waals surface area contributed by atoms with E-state index in [1.807, 2.05) is 0 Å². The number of rotatable bonds is 4. The minimum absolute atomic E-state index is 0.167. The van der Waals surface area contributed by atoms with Crippen molar-refractivity contribution in [1.29, 1.82) is 0 Å². The van der Waals surface area contributed by atoms with Crippen LogP contribution in [0.15, 0.2) is 24.3 Å². The Bertz CT molecular complexity index is 358. The lowest BCUT2D eigenvalue weighted by atomic mass is 10.1. The normalized spacial score (nSPS) is 12.6. The fraction of sp³-hybridized carbons (Fsp3) is 0.400. The molecule has 0 aliphatic rings. The molecule has 0 aromatic heterocycles. The van der Waals surface area contributed by atoms with E-state index in [2.05, 4.69) is 4.74 Å². The van der Waals surface area contributed by atoms with Crippen molar-refractivity contribution < 1.29 is 31.8 Å². The molecule has 2 nitrogen and oxygen atoms in total. The summed E-state index contributed by atoms with van der Waals surface area (Å²) in [5.41, 5.74) is -0.487. The van der Waals surface area contributed by atoms with E-state index in [1.54, 1.807) is 0 Å². The van der Waals surface area contributed by atoms with Gasteiger partial charge in [0.2, 0.25) is 0 Å². The first-order valence-corrected chi connectivity index (χ1v) is 4.53. The first-order valence-electron chi connectivity index (χ1n) is 4.53. The molecule has 0 heterocycles. The summed E-state index contributed by atoms with van der Waals surface area (Å²) in [7, 11) is 0. The molecule has 1 rings (SSSR count). The molecule has 0 bridgehead atoms. The van der Waals surface area contributed by atoms with Gasteiger partial charge in [0.1, 0.15) is 12.4 Å². The SMILES string of the molecule is OCC(F)(F)c1ccc(OCC(F)(F)F)cc1. The zero-order chi connectivity index (χ0) is 13.1. The van der Waals surface area contributed by atoms with Crippen LogP contribution in [0.1, 0.15) is 5.56 Å². The van der Waals surface area contributed by atoms with Crippen molar-refractivity contribution in [3.05, 3.63) is 29.8 Å². The highest BCUT2D eigenvalue weighted by Crippen LogP contribution is 2.28. The summed E-state index contributed by atoms with van der Waals surface area (Å²) in [4.78, 5) is 0. The molecule has 1 N–H and O–H groups in total. The maximum atomic E-state index is 12.9. The maximum Gasteiger partial charge on any atom is 0.422 e. The second-order valence-electron chi connectivity index (χ2n) is 3.29. The molecule has 0 radical (unpaired) electrons. The van der Waals surface area contributed by atoms with Crippen LogP contribution in [-0.2, 0) is 5.92 Å². The zero-order valence-electron chi connectivity index (χ0n) is 8.47. The standard InChI is InChI=1S/C10H9F5O2/c11-9(12,5-16)7-1-3-8(4-2-7)17-6-10(13,14)15/h1-4,16H,5-6H2. The number of ether oxygens (including phenoxy) is 1. The highest BCUT2D eigenvalue weighted by molar-refractivity contribution is 5.29. The largest absolute Gasteiger partial charge is 0.484 e. The Kier molecular flexibility index (Phi) is 3.92. The number of aliphatic hydroxyl groups is 1. The predicted octanol–water partition coefficient (Wildman–Crippen LogP) is 2.71. The average Bonchev–Trinajstić information content (AvgIpc) is 2.26. The van der Waals surface area contributed by atoms with Crippen molar-refractivity contribution in [2.45, 2.75) is 12.1 Å². The van der Waals surface area contributed by atoms with E-state index in [0.717, 1.165) is 24.3 Å². The van der Waals surface area contributed by atoms with Gasteiger partial charge in [0.25, 0.3) is 5.92 Å². The smallest absolute Gasteiger partial charge is 0.422 e. The maximum absolute atomic E-state index is 12.9. The highest BCUT2D eigenvalue weighted by atomic mass is 19.4. The van der Waals surface area contributed by atoms with E-state index in [9.17, 15) is 22.0 Å². The first kappa shape index (κ1) is 13.7. The van der Waals surface area contributed by atoms with E-state index < -0.39 is 30.9 Å². The molecule has 1 aromatic rings. The van der Waals surface area contributed by atoms with E-state index in [-0.39, 0.29) is 5.75 Å². The summed E-state index contributed by atoms with van der Waals surface area (Å²) >= 11 is 0. The molecular formula is C10H9F5O2. The van der Waals surface area contributed by atoms with E-state index >= 15 is 0 Å². The number of hydrogen-bond donors (Lipinski definition) is 1. The third kappa shape index (κ3) is 4.18. The van der Waals surface area contributed by atoms with Crippen LogP contribution in [0.4, 0.5) is 22.0 Å². The number of benzene rings is 1. The van der Waals surface area contributed by atoms with Gasteiger partial charge in [-0.15, -0.1) is 0 Å². The Morgan fingerprint density at radius 2 is 1.53 bits per heavy atom. The van der Waals surface area contributed by atoms with Gasteiger partial charge < -0.3 is 9.84 Å². The molecule has 0 amide bonds. The zero-order valence-corrected chi connectivity index (χ0v) is 8.47. The molecule has 0 spiro atoms. The van der Waals surface area contributed by atoms with Crippen LogP contribution < -0.4 is 4.74 Å². The van der Waals surface area contributed by atoms with Crippen LogP contribution in [0, 0.1) is 0 Å². The number of alkyl halides is 5. The molecule has 0 saturated carbocycles. The summed E-state index contributed by atoms with van der Waals surface area (Å²) in [5, 5.41) is 8.40. The van der Waals surface area contributed by atoms with Gasteiger partial charge in [-0.3, -0.25) is 0 Å². The molecule has 96 valence electrons. The Morgan fingerprint density at radius 3 is 1.94 bits per heavy atom. The van der Waals surface area contributed by atoms with Gasteiger partial charge in [0, 0.05) is 5.56 Å². The number of halogens is 5. The summed E-state index contributed by atoms with van der Waals surface area (Å²) in [6, 6.07) is 3.79. The summed E-state index contributed by atoms with van der Waals surface area (Å²) in [5.74, 6) is -3.58. The molecule has 0 aliphatic carbocycles. The number of hydrogen-bond acceptors (Lipinski definition) is 2. The number of aliphatic hydroxyl groups excluding tert-OH is 1. The topological polar surface area (TPSA) is 29.5 Å². The fourth-order valence-electron chi connectivity index (χ4n) is 1.05. The predicted molar refractivity (Wildman–Crippen MR) is 49.0 cm³/mol. The fourth-order valence-corrected chi connectivity index (χ4v) is 1.05. The molecule has 1 aromatic carbocycles. The van der Waals surface area contributed by atoms with Crippen LogP contribution in [0.2, 0.25) is 0 Å². The Hall–Kier alpha value is -1.37. The van der Waals surface area contributed by atoms with Crippen LogP contribution in [0.5, 0.6) is 5.75 Å². The van der Waals surface area contributed by atoms with E-state index in [4.69, 9.17) is 5.11 Å². The molecular weight excluding hydrogens is 247 g/mol. The van der Waals surface area contributed by atoms with Crippen molar-refractivity contribution in [3.8, 4) is 5.75 Å². The molecule has 17 heavy (non-hydrogen) atoms. The second-order valence-corrected chi connectivity index (χ2v) is 3.29. The highest BCUT2D eigenvalue weighted by Gasteiger charge is 2.31. The van der Waals surface area contributed by atoms with Crippen molar-refractivity contribution >= 4 is 0 Å². The van der Waals surface area contributed by atoms with Gasteiger partial charge >= 0.3 is 6.18 Å². The third-order valence-corrected chi connectivity index (χ3v) is 1.88. The monoisotopic (exact) mass is 256 g/mol. The molecule has 0 atom stereocenters. The summed E-state index contributed by atoms with van der Waals surface area (Å²) in [6.07, 6.45) is -4.48. The molecule has 0 saturated heterocycles. The molecule has 0 aliphatic heterocycles. The van der Waals surface area contributed by atoms with Crippen molar-refractivity contribution in [3.63, 3.8) is 0 Å². The van der Waals surface area contributed by atoms with Gasteiger partial charge in [-0.05, 0) is 24.3 Å². The van der Waals surface area contributed by atoms with Gasteiger partial charge in [-0.1, -0.05) is 0 Å². The minimum atomic E-state index is -4.48. The van der Waals surface area contributed by atoms with Crippen molar-refractivity contribution in [2.24, 2.45) is 0 Å². The van der Waals surface area contributed by atoms with Crippen LogP contribution >= 0.6 is 0 Å². The van der Waals surface area contributed by atoms with Crippen molar-refractivity contribution in [1.82, 2.24) is 0 Å². The quantitative estimate of drug-likeness (QED) is 0.839. The Morgan fingerprint density at radius 1 is 1.00 bits per heavy atom. The van der Waals surface area contributed by atoms with Crippen LogP contribution in [-0.4, -0.2) is 24.5 Å². The average molecular weight is 256 g/mol. The van der Waals surface area contributed by atoms with E-state index in [1.165, 1.54) is 0 Å². The van der Waals surface area contributed by atoms with E-state index in [0.29, 0.717) is 0 Å². The summed E-state index contributed by atoms with van der Waals surface area (Å²) in [6.45, 7) is -2.85. The second kappa shape index (κ2) is 4.87. The Labute approximate surface area is 93.6 Å². The lowest BCUT2D eigenvalue weighted by molar-refractivity contribution is -0.153. The van der Waals surface area contributed by atoms with Crippen molar-refractivity contribution in [2.75, 3.05) is 13.2 Å². The van der Waals surface area contributed by atoms with Crippen LogP contribution in [0.25, 0.3) is 0 Å². The van der Waals surface area contributed by atoms with Gasteiger partial charge in [0.15, 0.2) is 6.61 Å². The Balaban J connectivity index is 2.69. The lowest BCUT2D eigenvalue weighted by Crippen LogP contribution is -2.20.